The van der Waals surface area contributed by atoms with Crippen LogP contribution in [0.3, 0.4) is 0 Å². The number of hydrogen-bond acceptors (Lipinski definition) is 8. The van der Waals surface area contributed by atoms with Gasteiger partial charge in [-0.15, -0.1) is 10.2 Å². The summed E-state index contributed by atoms with van der Waals surface area (Å²) in [5, 5.41) is 9.87. The lowest BCUT2D eigenvalue weighted by Crippen LogP contribution is -2.46. The molecule has 9 nitrogen and oxygen atoms in total. The molecule has 2 rings (SSSR count). The lowest BCUT2D eigenvalue weighted by molar-refractivity contribution is -0.114. The molecule has 1 atom stereocenters. The topological polar surface area (TPSA) is 105 Å². The highest BCUT2D eigenvalue weighted by molar-refractivity contribution is 7.91. The number of anilines is 1. The van der Waals surface area contributed by atoms with Crippen molar-refractivity contribution in [2.75, 3.05) is 45.7 Å². The third kappa shape index (κ3) is 4.20. The first kappa shape index (κ1) is 17.2. The maximum Gasteiger partial charge on any atom is 0.272 e. The van der Waals surface area contributed by atoms with Crippen molar-refractivity contribution in [1.29, 1.82) is 0 Å². The van der Waals surface area contributed by atoms with Gasteiger partial charge in [-0.25, -0.2) is 8.42 Å². The Morgan fingerprint density at radius 3 is 2.91 bits per heavy atom. The van der Waals surface area contributed by atoms with Gasteiger partial charge in [0.1, 0.15) is 0 Å². The first-order chi connectivity index (χ1) is 10.3. The molecule has 11 heteroatoms. The van der Waals surface area contributed by atoms with E-state index in [-0.39, 0.29) is 28.0 Å². The van der Waals surface area contributed by atoms with E-state index in [0.29, 0.717) is 13.2 Å². The van der Waals surface area contributed by atoms with Crippen LogP contribution < -0.4 is 5.32 Å². The van der Waals surface area contributed by atoms with E-state index in [2.05, 4.69) is 20.4 Å². The highest BCUT2D eigenvalue weighted by Crippen LogP contribution is 2.23. The predicted octanol–water partition coefficient (Wildman–Crippen LogP) is -0.552. The number of nitrogens with zero attached hydrogens (tertiary/aromatic N) is 4. The van der Waals surface area contributed by atoms with Crippen LogP contribution in [-0.4, -0.2) is 80.2 Å². The molecule has 0 bridgehead atoms. The van der Waals surface area contributed by atoms with Crippen LogP contribution in [-0.2, 0) is 19.6 Å². The van der Waals surface area contributed by atoms with Crippen LogP contribution in [0.25, 0.3) is 0 Å². The van der Waals surface area contributed by atoms with Gasteiger partial charge in [0.25, 0.3) is 10.0 Å². The lowest BCUT2D eigenvalue weighted by Gasteiger charge is -2.31. The Hall–Kier alpha value is -1.14. The Morgan fingerprint density at radius 2 is 2.27 bits per heavy atom. The maximum atomic E-state index is 12.4. The Labute approximate surface area is 133 Å². The Bertz CT molecular complexity index is 632. The molecule has 1 N–H and O–H groups in total. The molecule has 0 aromatic carbocycles. The standard InChI is InChI=1S/C11H19N5O4S2/c1-8(17)12-10-13-14-11(21-10)22(18,19)16(3)7-9-6-15(2)4-5-20-9/h9H,4-7H2,1-3H3,(H,12,13,17). The predicted molar refractivity (Wildman–Crippen MR) is 81.3 cm³/mol. The van der Waals surface area contributed by atoms with Crippen LogP contribution >= 0.6 is 11.3 Å². The van der Waals surface area contributed by atoms with Crippen molar-refractivity contribution in [3.63, 3.8) is 0 Å². The van der Waals surface area contributed by atoms with Crippen LogP contribution in [0.4, 0.5) is 5.13 Å². The van der Waals surface area contributed by atoms with E-state index in [4.69, 9.17) is 4.74 Å². The van der Waals surface area contributed by atoms with E-state index in [1.54, 1.807) is 0 Å². The lowest BCUT2D eigenvalue weighted by atomic mass is 10.3. The molecular weight excluding hydrogens is 330 g/mol. The maximum absolute atomic E-state index is 12.4. The summed E-state index contributed by atoms with van der Waals surface area (Å²) in [6.45, 7) is 3.65. The summed E-state index contributed by atoms with van der Waals surface area (Å²) in [6.07, 6.45) is -0.179. The van der Waals surface area contributed by atoms with Crippen molar-refractivity contribution in [3.05, 3.63) is 0 Å². The van der Waals surface area contributed by atoms with Gasteiger partial charge in [0.2, 0.25) is 15.4 Å². The summed E-state index contributed by atoms with van der Waals surface area (Å²) in [4.78, 5) is 13.0. The second kappa shape index (κ2) is 6.96. The van der Waals surface area contributed by atoms with Crippen molar-refractivity contribution >= 4 is 32.4 Å². The van der Waals surface area contributed by atoms with E-state index in [9.17, 15) is 13.2 Å². The van der Waals surface area contributed by atoms with Crippen molar-refractivity contribution in [1.82, 2.24) is 19.4 Å². The minimum atomic E-state index is -3.74. The average Bonchev–Trinajstić information content (AvgIpc) is 2.87. The normalized spacial score (nSPS) is 20.3. The van der Waals surface area contributed by atoms with Crippen LogP contribution in [0.5, 0.6) is 0 Å². The number of carbonyl (C=O) groups is 1. The third-order valence-corrected chi connectivity index (χ3v) is 6.13. The molecule has 22 heavy (non-hydrogen) atoms. The molecule has 1 amide bonds. The zero-order chi connectivity index (χ0) is 16.3. The van der Waals surface area contributed by atoms with Crippen LogP contribution in [0.2, 0.25) is 0 Å². The van der Waals surface area contributed by atoms with Gasteiger partial charge >= 0.3 is 0 Å². The van der Waals surface area contributed by atoms with Crippen LogP contribution in [0.15, 0.2) is 4.34 Å². The molecule has 0 spiro atoms. The largest absolute Gasteiger partial charge is 0.374 e. The molecule has 1 unspecified atom stereocenters. The van der Waals surface area contributed by atoms with Crippen LogP contribution in [0.1, 0.15) is 6.92 Å². The van der Waals surface area contributed by atoms with Gasteiger partial charge in [-0.3, -0.25) is 4.79 Å². The molecule has 0 radical (unpaired) electrons. The van der Waals surface area contributed by atoms with Gasteiger partial charge < -0.3 is 15.0 Å². The molecule has 2 heterocycles. The smallest absolute Gasteiger partial charge is 0.272 e. The van der Waals surface area contributed by atoms with Gasteiger partial charge in [0.15, 0.2) is 0 Å². The van der Waals surface area contributed by atoms with Gasteiger partial charge in [-0.05, 0) is 7.05 Å². The van der Waals surface area contributed by atoms with E-state index >= 15 is 0 Å². The summed E-state index contributed by atoms with van der Waals surface area (Å²) >= 11 is 0.824. The van der Waals surface area contributed by atoms with Crippen molar-refractivity contribution in [3.8, 4) is 0 Å². The fourth-order valence-corrected chi connectivity index (χ4v) is 4.35. The molecule has 1 aliphatic heterocycles. The fourth-order valence-electron chi connectivity index (χ4n) is 2.01. The van der Waals surface area contributed by atoms with Gasteiger partial charge in [0.05, 0.1) is 12.7 Å². The van der Waals surface area contributed by atoms with Gasteiger partial charge in [0, 0.05) is 33.6 Å². The second-order valence-corrected chi connectivity index (χ2v) is 8.29. The number of rotatable bonds is 5. The molecule has 1 aromatic heterocycles. The number of ether oxygens (including phenoxy) is 1. The quantitative estimate of drug-likeness (QED) is 0.711. The van der Waals surface area contributed by atoms with Crippen molar-refractivity contribution < 1.29 is 17.9 Å². The number of nitrogens with one attached hydrogen (secondary N) is 1. The van der Waals surface area contributed by atoms with E-state index < -0.39 is 10.0 Å². The second-order valence-electron chi connectivity index (χ2n) is 5.09. The number of carbonyl (C=O) groups excluding carboxylic acids is 1. The average molecular weight is 349 g/mol. The molecule has 0 saturated carbocycles. The van der Waals surface area contributed by atoms with E-state index in [1.165, 1.54) is 18.3 Å². The Morgan fingerprint density at radius 1 is 1.55 bits per heavy atom. The molecular formula is C11H19N5O4S2. The number of sulfonamides is 1. The van der Waals surface area contributed by atoms with Crippen molar-refractivity contribution in [2.45, 2.75) is 17.4 Å². The first-order valence-corrected chi connectivity index (χ1v) is 8.92. The van der Waals surface area contributed by atoms with Crippen molar-refractivity contribution in [2.24, 2.45) is 0 Å². The molecule has 1 saturated heterocycles. The number of hydrogen-bond donors (Lipinski definition) is 1. The van der Waals surface area contributed by atoms with Crippen LogP contribution in [0, 0.1) is 0 Å². The Balaban J connectivity index is 2.05. The highest BCUT2D eigenvalue weighted by Gasteiger charge is 2.29. The number of likely N-dealkylation sites (N-methyl/N-ethyl adjacent to an activating group) is 2. The summed E-state index contributed by atoms with van der Waals surface area (Å²) in [5.74, 6) is -0.327. The minimum Gasteiger partial charge on any atom is -0.374 e. The molecule has 1 aromatic rings. The zero-order valence-corrected chi connectivity index (χ0v) is 14.3. The fraction of sp³-hybridized carbons (Fsp3) is 0.727. The summed E-state index contributed by atoms with van der Waals surface area (Å²) in [5.41, 5.74) is 0. The molecule has 1 aliphatic rings. The van der Waals surface area contributed by atoms with Gasteiger partial charge in [-0.1, -0.05) is 11.3 Å². The summed E-state index contributed by atoms with van der Waals surface area (Å²) in [6, 6.07) is 0. The molecule has 0 aliphatic carbocycles. The minimum absolute atomic E-state index is 0.150. The third-order valence-electron chi connectivity index (χ3n) is 3.12. The monoisotopic (exact) mass is 349 g/mol. The number of aromatic nitrogens is 2. The van der Waals surface area contributed by atoms with E-state index in [0.717, 1.165) is 17.9 Å². The molecule has 124 valence electrons. The SMILES string of the molecule is CC(=O)Nc1nnc(S(=O)(=O)N(C)CC2CN(C)CCO2)s1. The highest BCUT2D eigenvalue weighted by atomic mass is 32.2. The van der Waals surface area contributed by atoms with Gasteiger partial charge in [-0.2, -0.15) is 4.31 Å². The van der Waals surface area contributed by atoms with E-state index in [1.807, 2.05) is 7.05 Å². The summed E-state index contributed by atoms with van der Waals surface area (Å²) in [7, 11) is -0.297. The first-order valence-electron chi connectivity index (χ1n) is 6.66. The number of morpholine rings is 1. The zero-order valence-electron chi connectivity index (χ0n) is 12.6. The Kier molecular flexibility index (Phi) is 5.45. The molecule has 1 fully saturated rings. The number of amides is 1. The summed E-state index contributed by atoms with van der Waals surface area (Å²) < 4.78 is 31.5.